The zero-order valence-corrected chi connectivity index (χ0v) is 36.5. The maximum atomic E-state index is 7.45. The fourth-order valence-corrected chi connectivity index (χ4v) is 11.7. The Morgan fingerprint density at radius 3 is 1.57 bits per heavy atom. The van der Waals surface area contributed by atoms with Gasteiger partial charge in [0.25, 0.3) is 0 Å². The van der Waals surface area contributed by atoms with E-state index in [1.807, 2.05) is 0 Å². The highest BCUT2D eigenvalue weighted by molar-refractivity contribution is 6.27. The van der Waals surface area contributed by atoms with Gasteiger partial charge in [-0.2, -0.15) is 0 Å². The van der Waals surface area contributed by atoms with E-state index in [0.717, 1.165) is 55.5 Å². The maximum absolute atomic E-state index is 7.45. The molecule has 2 heteroatoms. The van der Waals surface area contributed by atoms with Crippen LogP contribution in [0.5, 0.6) is 0 Å². The van der Waals surface area contributed by atoms with Gasteiger partial charge in [0.1, 0.15) is 5.58 Å². The normalized spacial score (nSPS) is 12.9. The Labute approximate surface area is 388 Å². The number of rotatable bonds is 6. The highest BCUT2D eigenvalue weighted by Crippen LogP contribution is 2.58. The molecular formula is C65H41NO. The average molecular weight is 852 g/mol. The first-order valence-electron chi connectivity index (χ1n) is 23.2. The lowest BCUT2D eigenvalue weighted by molar-refractivity contribution is 0.670. The Morgan fingerprint density at radius 2 is 0.866 bits per heavy atom. The lowest BCUT2D eigenvalue weighted by Gasteiger charge is -2.34. The van der Waals surface area contributed by atoms with Crippen molar-refractivity contribution in [2.75, 3.05) is 4.90 Å². The molecule has 0 saturated heterocycles. The van der Waals surface area contributed by atoms with Gasteiger partial charge >= 0.3 is 0 Å². The zero-order chi connectivity index (χ0) is 44.1. The monoisotopic (exact) mass is 851 g/mol. The maximum Gasteiger partial charge on any atom is 0.159 e. The van der Waals surface area contributed by atoms with Crippen molar-refractivity contribution in [3.05, 3.63) is 271 Å². The van der Waals surface area contributed by atoms with Gasteiger partial charge in [0.05, 0.1) is 11.1 Å². The molecule has 1 aliphatic carbocycles. The minimum Gasteiger partial charge on any atom is -0.453 e. The summed E-state index contributed by atoms with van der Waals surface area (Å²) in [5.74, 6) is 0. The summed E-state index contributed by atoms with van der Waals surface area (Å²) in [5, 5.41) is 12.1. The highest BCUT2D eigenvalue weighted by atomic mass is 16.3. The van der Waals surface area contributed by atoms with Gasteiger partial charge in [-0.15, -0.1) is 0 Å². The fraction of sp³-hybridized carbons (Fsp3) is 0.0154. The molecule has 0 aliphatic heterocycles. The van der Waals surface area contributed by atoms with Crippen molar-refractivity contribution in [1.29, 1.82) is 0 Å². The summed E-state index contributed by atoms with van der Waals surface area (Å²) in [6.07, 6.45) is 0. The predicted octanol–water partition coefficient (Wildman–Crippen LogP) is 17.7. The Morgan fingerprint density at radius 1 is 0.313 bits per heavy atom. The van der Waals surface area contributed by atoms with Crippen molar-refractivity contribution in [3.63, 3.8) is 0 Å². The first-order chi connectivity index (χ1) is 33.3. The van der Waals surface area contributed by atoms with Crippen molar-refractivity contribution >= 4 is 82.1 Å². The second kappa shape index (κ2) is 14.7. The van der Waals surface area contributed by atoms with Crippen LogP contribution in [0, 0.1) is 0 Å². The van der Waals surface area contributed by atoms with Crippen LogP contribution in [0.15, 0.2) is 253 Å². The standard InChI is InChI=1S/C65H41NO/c1-4-20-44(21-5-1)65(45-22-6-2-7-23-45)59-33-17-16-31-54(59)55-38-36-47(41-60(55)65)66(46-24-8-3-9-25-46)61-34-18-32-56-58-39-42-19-10-11-26-48(42)62(64(58)67-63(56)61)43-35-37-53-51-29-13-12-27-49(51)50-28-14-15-30-52(50)57(53)40-43/h1-41H. The second-order valence-corrected chi connectivity index (χ2v) is 17.9. The Hall–Kier alpha value is -8.72. The topological polar surface area (TPSA) is 16.4 Å². The van der Waals surface area contributed by atoms with Crippen LogP contribution in [0.1, 0.15) is 22.3 Å². The third-order valence-electron chi connectivity index (χ3n) is 14.5. The van der Waals surface area contributed by atoms with Crippen molar-refractivity contribution in [3.8, 4) is 22.3 Å². The Balaban J connectivity index is 1.03. The molecule has 1 heterocycles. The SMILES string of the molecule is c1ccc(N(c2ccc3c(c2)C(c2ccccc2)(c2ccccc2)c2ccccc2-3)c2cccc3c2oc2c(-c4ccc5c6ccccc6c6ccccc6c5c4)c4ccccc4cc23)cc1. The number of hydrogen-bond donors (Lipinski definition) is 0. The van der Waals surface area contributed by atoms with Gasteiger partial charge in [-0.05, 0) is 124 Å². The third-order valence-corrected chi connectivity index (χ3v) is 14.5. The molecule has 0 amide bonds. The van der Waals surface area contributed by atoms with Crippen molar-refractivity contribution in [2.24, 2.45) is 0 Å². The molecule has 0 bridgehead atoms. The largest absolute Gasteiger partial charge is 0.453 e. The molecule has 0 N–H and O–H groups in total. The molecule has 67 heavy (non-hydrogen) atoms. The molecule has 0 atom stereocenters. The van der Waals surface area contributed by atoms with E-state index in [1.54, 1.807) is 0 Å². The van der Waals surface area contributed by atoms with Gasteiger partial charge in [0.15, 0.2) is 5.58 Å². The van der Waals surface area contributed by atoms with E-state index in [1.165, 1.54) is 71.1 Å². The van der Waals surface area contributed by atoms with Gasteiger partial charge in [-0.25, -0.2) is 0 Å². The number of hydrogen-bond acceptors (Lipinski definition) is 2. The highest BCUT2D eigenvalue weighted by Gasteiger charge is 2.46. The first-order valence-corrected chi connectivity index (χ1v) is 23.2. The average Bonchev–Trinajstić information content (AvgIpc) is 3.92. The van der Waals surface area contributed by atoms with Gasteiger partial charge in [-0.1, -0.05) is 206 Å². The molecule has 0 spiro atoms. The number of nitrogens with zero attached hydrogens (tertiary/aromatic N) is 1. The van der Waals surface area contributed by atoms with Crippen LogP contribution in [0.3, 0.4) is 0 Å². The molecule has 14 rings (SSSR count). The van der Waals surface area contributed by atoms with Crippen molar-refractivity contribution in [2.45, 2.75) is 5.41 Å². The van der Waals surface area contributed by atoms with Crippen molar-refractivity contribution < 1.29 is 4.42 Å². The smallest absolute Gasteiger partial charge is 0.159 e. The quantitative estimate of drug-likeness (QED) is 0.155. The zero-order valence-electron chi connectivity index (χ0n) is 36.5. The van der Waals surface area contributed by atoms with Gasteiger partial charge in [0.2, 0.25) is 0 Å². The van der Waals surface area contributed by atoms with Crippen LogP contribution < -0.4 is 4.90 Å². The number of para-hydroxylation sites is 2. The predicted molar refractivity (Wildman–Crippen MR) is 281 cm³/mol. The van der Waals surface area contributed by atoms with Gasteiger partial charge in [0, 0.05) is 27.7 Å². The molecule has 1 aromatic heterocycles. The van der Waals surface area contributed by atoms with E-state index in [0.29, 0.717) is 0 Å². The summed E-state index contributed by atoms with van der Waals surface area (Å²) in [6, 6.07) is 91.1. The number of anilines is 3. The Kier molecular flexibility index (Phi) is 8.23. The van der Waals surface area contributed by atoms with E-state index in [9.17, 15) is 0 Å². The summed E-state index contributed by atoms with van der Waals surface area (Å²) in [7, 11) is 0. The van der Waals surface area contributed by atoms with Crippen molar-refractivity contribution in [1.82, 2.24) is 0 Å². The summed E-state index contributed by atoms with van der Waals surface area (Å²) in [6.45, 7) is 0. The van der Waals surface area contributed by atoms with Crippen LogP contribution in [0.25, 0.3) is 87.3 Å². The van der Waals surface area contributed by atoms with E-state index < -0.39 is 5.41 Å². The molecule has 12 aromatic carbocycles. The summed E-state index contributed by atoms with van der Waals surface area (Å²) in [4.78, 5) is 2.39. The van der Waals surface area contributed by atoms with Crippen LogP contribution in [-0.2, 0) is 5.41 Å². The van der Waals surface area contributed by atoms with Crippen LogP contribution in [0.4, 0.5) is 17.1 Å². The molecule has 0 saturated carbocycles. The third kappa shape index (κ3) is 5.45. The minimum atomic E-state index is -0.537. The molecule has 0 fully saturated rings. The molecule has 1 aliphatic rings. The van der Waals surface area contributed by atoms with E-state index in [2.05, 4.69) is 254 Å². The van der Waals surface area contributed by atoms with E-state index >= 15 is 0 Å². The van der Waals surface area contributed by atoms with Gasteiger partial charge in [-0.3, -0.25) is 0 Å². The lowest BCUT2D eigenvalue weighted by Crippen LogP contribution is -2.28. The minimum absolute atomic E-state index is 0.537. The van der Waals surface area contributed by atoms with Crippen LogP contribution >= 0.6 is 0 Å². The summed E-state index contributed by atoms with van der Waals surface area (Å²) in [5.41, 5.74) is 14.0. The fourth-order valence-electron chi connectivity index (χ4n) is 11.7. The summed E-state index contributed by atoms with van der Waals surface area (Å²) < 4.78 is 7.45. The molecule has 312 valence electrons. The first kappa shape index (κ1) is 37.6. The van der Waals surface area contributed by atoms with Crippen LogP contribution in [0.2, 0.25) is 0 Å². The Bertz CT molecular complexity index is 4020. The van der Waals surface area contributed by atoms with E-state index in [-0.39, 0.29) is 0 Å². The number of benzene rings is 12. The molecule has 2 nitrogen and oxygen atoms in total. The lowest BCUT2D eigenvalue weighted by atomic mass is 9.67. The number of fused-ring (bicyclic) bond motifs is 13. The molecule has 0 radical (unpaired) electrons. The molecular weight excluding hydrogens is 811 g/mol. The van der Waals surface area contributed by atoms with Gasteiger partial charge < -0.3 is 9.32 Å². The van der Waals surface area contributed by atoms with Crippen LogP contribution in [-0.4, -0.2) is 0 Å². The molecule has 0 unspecified atom stereocenters. The number of furan rings is 1. The summed E-state index contributed by atoms with van der Waals surface area (Å²) >= 11 is 0. The molecule has 13 aromatic rings. The van der Waals surface area contributed by atoms with E-state index in [4.69, 9.17) is 4.42 Å². The second-order valence-electron chi connectivity index (χ2n) is 17.9.